The molecule has 0 aliphatic carbocycles. The van der Waals surface area contributed by atoms with Crippen LogP contribution in [0.1, 0.15) is 0 Å². The van der Waals surface area contributed by atoms with Gasteiger partial charge in [0.1, 0.15) is 7.05 Å². The van der Waals surface area contributed by atoms with Gasteiger partial charge in [0.25, 0.3) is 0 Å². The molecule has 0 amide bonds. The molecular formula is C20H15BrN+. The van der Waals surface area contributed by atoms with Crippen LogP contribution in [-0.2, 0) is 7.05 Å². The molecule has 1 nitrogen and oxygen atoms in total. The predicted molar refractivity (Wildman–Crippen MR) is 95.8 cm³/mol. The third-order valence-corrected chi connectivity index (χ3v) is 4.90. The number of nitrogens with zero attached hydrogens (tertiary/aromatic N) is 1. The quantitative estimate of drug-likeness (QED) is 0.327. The Hall–Kier alpha value is -2.19. The van der Waals surface area contributed by atoms with Crippen molar-refractivity contribution in [1.82, 2.24) is 0 Å². The van der Waals surface area contributed by atoms with Gasteiger partial charge in [-0.1, -0.05) is 58.4 Å². The third-order valence-electron chi connectivity index (χ3n) is 4.21. The van der Waals surface area contributed by atoms with Crippen molar-refractivity contribution in [3.05, 3.63) is 77.3 Å². The molecule has 22 heavy (non-hydrogen) atoms. The van der Waals surface area contributed by atoms with E-state index in [0.717, 1.165) is 4.47 Å². The van der Waals surface area contributed by atoms with E-state index < -0.39 is 0 Å². The standard InChI is InChI=1S/C20H15BrN/c1-22-18-12-6-3-9-15(18)20(14-8-2-5-11-17(14)21)16-10-4-7-13-19(16)22/h2-13H,1H3/q+1. The maximum absolute atomic E-state index is 3.72. The topological polar surface area (TPSA) is 3.88 Å². The Morgan fingerprint density at radius 3 is 1.77 bits per heavy atom. The molecule has 0 saturated carbocycles. The molecule has 0 fully saturated rings. The first kappa shape index (κ1) is 13.5. The van der Waals surface area contributed by atoms with Crippen LogP contribution < -0.4 is 4.57 Å². The Bertz CT molecular complexity index is 948. The number of aryl methyl sites for hydroxylation is 1. The molecule has 0 radical (unpaired) electrons. The minimum Gasteiger partial charge on any atom is -0.194 e. The zero-order chi connectivity index (χ0) is 15.1. The summed E-state index contributed by atoms with van der Waals surface area (Å²) in [6.07, 6.45) is 0. The van der Waals surface area contributed by atoms with E-state index in [1.807, 2.05) is 0 Å². The number of rotatable bonds is 1. The normalized spacial score (nSPS) is 11.2. The number of halogens is 1. The summed E-state index contributed by atoms with van der Waals surface area (Å²) in [4.78, 5) is 0. The molecule has 0 bridgehead atoms. The maximum atomic E-state index is 3.72. The molecule has 3 aromatic carbocycles. The van der Waals surface area contributed by atoms with E-state index in [1.165, 1.54) is 32.9 Å². The highest BCUT2D eigenvalue weighted by Crippen LogP contribution is 2.37. The molecule has 0 unspecified atom stereocenters. The lowest BCUT2D eigenvalue weighted by atomic mass is 9.96. The smallest absolute Gasteiger partial charge is 0.194 e. The largest absolute Gasteiger partial charge is 0.213 e. The van der Waals surface area contributed by atoms with Crippen molar-refractivity contribution in [3.8, 4) is 11.1 Å². The summed E-state index contributed by atoms with van der Waals surface area (Å²) in [5.74, 6) is 0. The van der Waals surface area contributed by atoms with Gasteiger partial charge in [0.05, 0.1) is 10.8 Å². The Morgan fingerprint density at radius 2 is 1.18 bits per heavy atom. The summed E-state index contributed by atoms with van der Waals surface area (Å²) in [7, 11) is 2.13. The van der Waals surface area contributed by atoms with Gasteiger partial charge in [0.15, 0.2) is 0 Å². The van der Waals surface area contributed by atoms with Gasteiger partial charge in [-0.05, 0) is 23.8 Å². The zero-order valence-corrected chi connectivity index (χ0v) is 13.8. The number of fused-ring (bicyclic) bond motifs is 2. The van der Waals surface area contributed by atoms with Crippen molar-refractivity contribution in [2.45, 2.75) is 0 Å². The van der Waals surface area contributed by atoms with Gasteiger partial charge >= 0.3 is 0 Å². The van der Waals surface area contributed by atoms with Crippen LogP contribution in [0.25, 0.3) is 32.9 Å². The molecular weight excluding hydrogens is 334 g/mol. The van der Waals surface area contributed by atoms with Crippen molar-refractivity contribution < 1.29 is 4.57 Å². The Kier molecular flexibility index (Phi) is 3.20. The maximum Gasteiger partial charge on any atom is 0.213 e. The highest BCUT2D eigenvalue weighted by atomic mass is 79.9. The van der Waals surface area contributed by atoms with Crippen LogP contribution in [0.3, 0.4) is 0 Å². The van der Waals surface area contributed by atoms with E-state index >= 15 is 0 Å². The summed E-state index contributed by atoms with van der Waals surface area (Å²) >= 11 is 3.72. The second-order valence-corrected chi connectivity index (χ2v) is 6.30. The number of hydrogen-bond acceptors (Lipinski definition) is 0. The van der Waals surface area contributed by atoms with Crippen LogP contribution in [0.5, 0.6) is 0 Å². The number of hydrogen-bond donors (Lipinski definition) is 0. The molecule has 0 spiro atoms. The number of para-hydroxylation sites is 2. The average molecular weight is 349 g/mol. The highest BCUT2D eigenvalue weighted by Gasteiger charge is 2.19. The summed E-state index contributed by atoms with van der Waals surface area (Å²) in [5.41, 5.74) is 5.01. The molecule has 0 N–H and O–H groups in total. The number of pyridine rings is 1. The lowest BCUT2D eigenvalue weighted by Gasteiger charge is -2.11. The first-order chi connectivity index (χ1) is 10.8. The Morgan fingerprint density at radius 1 is 0.682 bits per heavy atom. The summed E-state index contributed by atoms with van der Waals surface area (Å²) < 4.78 is 3.39. The van der Waals surface area contributed by atoms with Gasteiger partial charge in [0, 0.05) is 22.2 Å². The molecule has 0 aliphatic rings. The summed E-state index contributed by atoms with van der Waals surface area (Å²) in [5, 5.41) is 2.55. The van der Waals surface area contributed by atoms with Crippen molar-refractivity contribution in [2.75, 3.05) is 0 Å². The molecule has 106 valence electrons. The van der Waals surface area contributed by atoms with Gasteiger partial charge in [0.2, 0.25) is 11.0 Å². The first-order valence-corrected chi connectivity index (χ1v) is 8.11. The van der Waals surface area contributed by atoms with Crippen molar-refractivity contribution in [1.29, 1.82) is 0 Å². The van der Waals surface area contributed by atoms with Crippen molar-refractivity contribution in [2.24, 2.45) is 7.05 Å². The highest BCUT2D eigenvalue weighted by molar-refractivity contribution is 9.10. The molecule has 4 aromatic rings. The van der Waals surface area contributed by atoms with E-state index in [0.29, 0.717) is 0 Å². The second kappa shape index (κ2) is 5.22. The zero-order valence-electron chi connectivity index (χ0n) is 12.3. The predicted octanol–water partition coefficient (Wildman–Crippen LogP) is 5.25. The molecule has 1 heterocycles. The van der Waals surface area contributed by atoms with Gasteiger partial charge in [-0.2, -0.15) is 4.57 Å². The number of benzene rings is 3. The van der Waals surface area contributed by atoms with Gasteiger partial charge in [-0.25, -0.2) is 0 Å². The summed E-state index contributed by atoms with van der Waals surface area (Å²) in [6, 6.07) is 25.6. The molecule has 0 aliphatic heterocycles. The van der Waals surface area contributed by atoms with Crippen LogP contribution in [0.4, 0.5) is 0 Å². The van der Waals surface area contributed by atoms with Crippen molar-refractivity contribution in [3.63, 3.8) is 0 Å². The van der Waals surface area contributed by atoms with E-state index in [2.05, 4.69) is 100 Å². The monoisotopic (exact) mass is 348 g/mol. The first-order valence-electron chi connectivity index (χ1n) is 7.32. The van der Waals surface area contributed by atoms with Gasteiger partial charge < -0.3 is 0 Å². The Labute approximate surface area is 138 Å². The average Bonchev–Trinajstić information content (AvgIpc) is 2.57. The van der Waals surface area contributed by atoms with Crippen LogP contribution in [0.15, 0.2) is 77.3 Å². The third kappa shape index (κ3) is 1.95. The van der Waals surface area contributed by atoms with Gasteiger partial charge in [-0.3, -0.25) is 0 Å². The van der Waals surface area contributed by atoms with Crippen LogP contribution in [-0.4, -0.2) is 0 Å². The van der Waals surface area contributed by atoms with Crippen LogP contribution in [0.2, 0.25) is 0 Å². The molecule has 0 atom stereocenters. The SMILES string of the molecule is C[n+]1c2ccccc2c(-c2ccccc2Br)c2ccccc21. The lowest BCUT2D eigenvalue weighted by Crippen LogP contribution is -2.30. The fourth-order valence-corrected chi connectivity index (χ4v) is 3.67. The Balaban J connectivity index is 2.29. The second-order valence-electron chi connectivity index (χ2n) is 5.45. The fraction of sp³-hybridized carbons (Fsp3) is 0.0500. The molecule has 2 heteroatoms. The summed E-state index contributed by atoms with van der Waals surface area (Å²) in [6.45, 7) is 0. The lowest BCUT2D eigenvalue weighted by molar-refractivity contribution is -0.617. The van der Waals surface area contributed by atoms with E-state index in [1.54, 1.807) is 0 Å². The molecule has 1 aromatic heterocycles. The fourth-order valence-electron chi connectivity index (χ4n) is 3.18. The van der Waals surface area contributed by atoms with E-state index in [-0.39, 0.29) is 0 Å². The van der Waals surface area contributed by atoms with Gasteiger partial charge in [-0.15, -0.1) is 0 Å². The number of aromatic nitrogens is 1. The van der Waals surface area contributed by atoms with Crippen LogP contribution >= 0.6 is 15.9 Å². The van der Waals surface area contributed by atoms with E-state index in [9.17, 15) is 0 Å². The molecule has 4 rings (SSSR count). The minimum absolute atomic E-state index is 1.12. The van der Waals surface area contributed by atoms with E-state index in [4.69, 9.17) is 0 Å². The minimum atomic E-state index is 1.12. The van der Waals surface area contributed by atoms with Crippen LogP contribution in [0, 0.1) is 0 Å². The molecule has 0 saturated heterocycles. The van der Waals surface area contributed by atoms with Crippen molar-refractivity contribution >= 4 is 37.7 Å².